The number of rotatable bonds is 5. The molecule has 0 aliphatic heterocycles. The zero-order valence-corrected chi connectivity index (χ0v) is 14.9. The van der Waals surface area contributed by atoms with Crippen molar-refractivity contribution in [2.24, 2.45) is 5.92 Å². The lowest BCUT2D eigenvalue weighted by atomic mass is 10.1. The summed E-state index contributed by atoms with van der Waals surface area (Å²) in [6.07, 6.45) is 7.94. The number of carbonyl (C=O) groups is 1. The van der Waals surface area contributed by atoms with Crippen molar-refractivity contribution in [3.8, 4) is 0 Å². The molecule has 4 rings (SSSR count). The lowest BCUT2D eigenvalue weighted by Crippen LogP contribution is -2.40. The highest BCUT2D eigenvalue weighted by Crippen LogP contribution is 2.28. The van der Waals surface area contributed by atoms with Gasteiger partial charge in [0.1, 0.15) is 0 Å². The number of hydrogen-bond donors (Lipinski definition) is 3. The van der Waals surface area contributed by atoms with Crippen LogP contribution in [0.25, 0.3) is 11.0 Å². The second kappa shape index (κ2) is 7.09. The Morgan fingerprint density at radius 1 is 1.46 bits per heavy atom. The summed E-state index contributed by atoms with van der Waals surface area (Å²) >= 11 is 5.88. The zero-order chi connectivity index (χ0) is 18.1. The van der Waals surface area contributed by atoms with Gasteiger partial charge in [-0.3, -0.25) is 14.5 Å². The summed E-state index contributed by atoms with van der Waals surface area (Å²) in [5.41, 5.74) is 2.57. The largest absolute Gasteiger partial charge is 0.391 e. The van der Waals surface area contributed by atoms with Crippen molar-refractivity contribution in [2.45, 2.75) is 38.0 Å². The van der Waals surface area contributed by atoms with Crippen LogP contribution in [0.4, 0.5) is 0 Å². The minimum Gasteiger partial charge on any atom is -0.391 e. The number of fused-ring (bicyclic) bond motifs is 1. The van der Waals surface area contributed by atoms with Crippen molar-refractivity contribution in [3.05, 3.63) is 47.5 Å². The van der Waals surface area contributed by atoms with Crippen LogP contribution in [0.3, 0.4) is 0 Å². The first-order chi connectivity index (χ1) is 12.6. The molecule has 0 radical (unpaired) electrons. The van der Waals surface area contributed by atoms with Crippen LogP contribution in [0, 0.1) is 5.92 Å². The summed E-state index contributed by atoms with van der Waals surface area (Å²) in [5, 5.41) is 18.0. The predicted octanol–water partition coefficient (Wildman–Crippen LogP) is 1.91. The number of halogens is 1. The molecule has 1 saturated carbocycles. The third kappa shape index (κ3) is 3.59. The number of aromatic amines is 1. The molecule has 0 spiro atoms. The Kier molecular flexibility index (Phi) is 4.65. The molecule has 8 heteroatoms. The molecule has 3 atom stereocenters. The van der Waals surface area contributed by atoms with Crippen molar-refractivity contribution in [1.82, 2.24) is 25.1 Å². The van der Waals surface area contributed by atoms with E-state index in [4.69, 9.17) is 11.6 Å². The molecule has 1 aliphatic rings. The number of pyridine rings is 1. The maximum absolute atomic E-state index is 12.4. The van der Waals surface area contributed by atoms with Crippen LogP contribution in [0.2, 0.25) is 5.02 Å². The highest BCUT2D eigenvalue weighted by molar-refractivity contribution is 6.30. The second-order valence-electron chi connectivity index (χ2n) is 6.85. The maximum atomic E-state index is 12.4. The van der Waals surface area contributed by atoms with Gasteiger partial charge in [-0.1, -0.05) is 11.6 Å². The van der Waals surface area contributed by atoms with Crippen LogP contribution >= 0.6 is 11.6 Å². The molecular weight excluding hydrogens is 354 g/mol. The average Bonchev–Trinajstić information content (AvgIpc) is 3.29. The fourth-order valence-electron chi connectivity index (χ4n) is 3.70. The normalized spacial score (nSPS) is 22.8. The molecule has 0 aromatic carbocycles. The summed E-state index contributed by atoms with van der Waals surface area (Å²) in [6.45, 7) is 0.683. The molecule has 3 aromatic rings. The van der Waals surface area contributed by atoms with Gasteiger partial charge in [0, 0.05) is 30.7 Å². The molecule has 1 unspecified atom stereocenters. The Morgan fingerprint density at radius 3 is 3.15 bits per heavy atom. The molecule has 3 aromatic heterocycles. The first kappa shape index (κ1) is 17.1. The predicted molar refractivity (Wildman–Crippen MR) is 97.7 cm³/mol. The van der Waals surface area contributed by atoms with E-state index in [1.54, 1.807) is 23.3 Å². The molecule has 3 heterocycles. The molecule has 3 N–H and O–H groups in total. The minimum atomic E-state index is -0.545. The van der Waals surface area contributed by atoms with Crippen molar-refractivity contribution in [2.75, 3.05) is 0 Å². The van der Waals surface area contributed by atoms with Crippen LogP contribution in [0.1, 0.15) is 18.4 Å². The van der Waals surface area contributed by atoms with E-state index in [9.17, 15) is 9.90 Å². The van der Waals surface area contributed by atoms with Crippen LogP contribution in [0.15, 0.2) is 36.9 Å². The smallest absolute Gasteiger partial charge is 0.224 e. The Labute approximate surface area is 155 Å². The molecule has 1 aliphatic carbocycles. The van der Waals surface area contributed by atoms with E-state index >= 15 is 0 Å². The second-order valence-corrected chi connectivity index (χ2v) is 7.29. The van der Waals surface area contributed by atoms with Crippen LogP contribution in [-0.4, -0.2) is 42.9 Å². The maximum Gasteiger partial charge on any atom is 0.224 e. The number of H-pyrrole nitrogens is 1. The quantitative estimate of drug-likeness (QED) is 0.636. The Balaban J connectivity index is 1.35. The summed E-state index contributed by atoms with van der Waals surface area (Å²) in [4.78, 5) is 19.9. The van der Waals surface area contributed by atoms with E-state index in [0.717, 1.165) is 23.0 Å². The fraction of sp³-hybridized carbons (Fsp3) is 0.389. The standard InChI is InChI=1S/C18H20ClN5O2/c19-13-8-22-24(10-13)9-11-4-15(16(25)5-11)23-17(26)6-12-7-21-14-2-1-3-20-18(12)14/h1-3,7-8,10-11,15-16,21,25H,4-6,9H2,(H,23,26)/t11?,15-,16-/m1/s1. The van der Waals surface area contributed by atoms with E-state index in [2.05, 4.69) is 20.4 Å². The van der Waals surface area contributed by atoms with E-state index in [-0.39, 0.29) is 24.3 Å². The van der Waals surface area contributed by atoms with Gasteiger partial charge in [-0.2, -0.15) is 5.10 Å². The SMILES string of the molecule is O=C(Cc1c[nH]c2cccnc12)N[C@@H]1CC(Cn2cc(Cl)cn2)C[C@H]1O. The van der Waals surface area contributed by atoms with E-state index in [1.165, 1.54) is 0 Å². The minimum absolute atomic E-state index is 0.108. The number of aliphatic hydroxyl groups excluding tert-OH is 1. The molecule has 0 bridgehead atoms. The third-order valence-electron chi connectivity index (χ3n) is 4.88. The summed E-state index contributed by atoms with van der Waals surface area (Å²) in [6, 6.07) is 3.54. The number of carbonyl (C=O) groups excluding carboxylic acids is 1. The summed E-state index contributed by atoms with van der Waals surface area (Å²) in [5.74, 6) is 0.143. The number of nitrogens with zero attached hydrogens (tertiary/aromatic N) is 3. The molecule has 1 fully saturated rings. The van der Waals surface area contributed by atoms with Crippen molar-refractivity contribution < 1.29 is 9.90 Å². The van der Waals surface area contributed by atoms with Crippen molar-refractivity contribution in [3.63, 3.8) is 0 Å². The summed E-state index contributed by atoms with van der Waals surface area (Å²) in [7, 11) is 0. The number of aliphatic hydroxyl groups is 1. The Hall–Kier alpha value is -2.38. The molecule has 1 amide bonds. The number of aromatic nitrogens is 4. The molecule has 7 nitrogen and oxygen atoms in total. The van der Waals surface area contributed by atoms with Gasteiger partial charge in [0.25, 0.3) is 0 Å². The molecule has 26 heavy (non-hydrogen) atoms. The zero-order valence-electron chi connectivity index (χ0n) is 14.1. The van der Waals surface area contributed by atoms with Gasteiger partial charge in [-0.15, -0.1) is 0 Å². The van der Waals surface area contributed by atoms with E-state index in [1.807, 2.05) is 18.3 Å². The summed E-state index contributed by atoms with van der Waals surface area (Å²) < 4.78 is 1.78. The topological polar surface area (TPSA) is 95.8 Å². The van der Waals surface area contributed by atoms with Gasteiger partial charge in [0.2, 0.25) is 5.91 Å². The van der Waals surface area contributed by atoms with Crippen LogP contribution in [-0.2, 0) is 17.8 Å². The van der Waals surface area contributed by atoms with Crippen molar-refractivity contribution >= 4 is 28.5 Å². The van der Waals surface area contributed by atoms with E-state index in [0.29, 0.717) is 18.0 Å². The van der Waals surface area contributed by atoms with Crippen LogP contribution < -0.4 is 5.32 Å². The molecule has 136 valence electrons. The number of amides is 1. The highest BCUT2D eigenvalue weighted by Gasteiger charge is 2.34. The van der Waals surface area contributed by atoms with Gasteiger partial charge >= 0.3 is 0 Å². The average molecular weight is 374 g/mol. The Morgan fingerprint density at radius 2 is 2.35 bits per heavy atom. The third-order valence-corrected chi connectivity index (χ3v) is 5.08. The fourth-order valence-corrected chi connectivity index (χ4v) is 3.86. The van der Waals surface area contributed by atoms with Gasteiger partial charge in [-0.05, 0) is 30.9 Å². The van der Waals surface area contributed by atoms with Gasteiger partial charge in [0.05, 0.1) is 40.8 Å². The monoisotopic (exact) mass is 373 g/mol. The Bertz CT molecular complexity index is 921. The first-order valence-electron chi connectivity index (χ1n) is 8.65. The van der Waals surface area contributed by atoms with Gasteiger partial charge in [-0.25, -0.2) is 0 Å². The van der Waals surface area contributed by atoms with Gasteiger partial charge < -0.3 is 15.4 Å². The van der Waals surface area contributed by atoms with Crippen molar-refractivity contribution in [1.29, 1.82) is 0 Å². The highest BCUT2D eigenvalue weighted by atomic mass is 35.5. The lowest BCUT2D eigenvalue weighted by Gasteiger charge is -2.16. The number of hydrogen-bond acceptors (Lipinski definition) is 4. The first-order valence-corrected chi connectivity index (χ1v) is 9.02. The molecule has 0 saturated heterocycles. The lowest BCUT2D eigenvalue weighted by molar-refractivity contribution is -0.121. The molecular formula is C18H20ClN5O2. The van der Waals surface area contributed by atoms with Gasteiger partial charge in [0.15, 0.2) is 0 Å². The van der Waals surface area contributed by atoms with Crippen LogP contribution in [0.5, 0.6) is 0 Å². The van der Waals surface area contributed by atoms with E-state index < -0.39 is 6.10 Å². The number of nitrogens with one attached hydrogen (secondary N) is 2.